The Hall–Kier alpha value is -3.26. The Morgan fingerprint density at radius 1 is 1.24 bits per heavy atom. The third-order valence-electron chi connectivity index (χ3n) is 4.05. The molecular formula is C17H15N5O3. The van der Waals surface area contributed by atoms with Crippen molar-refractivity contribution in [2.24, 2.45) is 0 Å². The van der Waals surface area contributed by atoms with Crippen molar-refractivity contribution in [3.05, 3.63) is 53.2 Å². The molecule has 8 nitrogen and oxygen atoms in total. The first kappa shape index (κ1) is 15.3. The first-order valence-electron chi connectivity index (χ1n) is 7.71. The van der Waals surface area contributed by atoms with Crippen LogP contribution in [-0.4, -0.2) is 43.0 Å². The summed E-state index contributed by atoms with van der Waals surface area (Å²) < 4.78 is 8.44. The highest BCUT2D eigenvalue weighted by atomic mass is 16.5. The minimum Gasteiger partial charge on any atom is -0.496 e. The maximum absolute atomic E-state index is 13.0. The Balaban J connectivity index is 2.20. The number of hydrogen-bond donors (Lipinski definition) is 1. The predicted molar refractivity (Wildman–Crippen MR) is 91.6 cm³/mol. The van der Waals surface area contributed by atoms with Gasteiger partial charge >= 0.3 is 0 Å². The van der Waals surface area contributed by atoms with Crippen LogP contribution >= 0.6 is 0 Å². The van der Waals surface area contributed by atoms with E-state index in [1.807, 2.05) is 24.3 Å². The lowest BCUT2D eigenvalue weighted by molar-refractivity contribution is 0.274. The second-order valence-electron chi connectivity index (χ2n) is 5.43. The van der Waals surface area contributed by atoms with Crippen LogP contribution in [0.1, 0.15) is 0 Å². The fraction of sp³-hybridized carbons (Fsp3) is 0.176. The molecule has 3 aromatic heterocycles. The number of rotatable bonds is 4. The minimum absolute atomic E-state index is 0.131. The summed E-state index contributed by atoms with van der Waals surface area (Å²) in [6.07, 6.45) is 3.01. The molecule has 126 valence electrons. The standard InChI is InChI=1S/C17H15N5O3/c1-25-13-5-3-2-4-11(13)15-14-12(20-17-18-10-19-22(15)17)6-7-21(8-9-23)16(14)24/h2-7,10,23H,8-9H2,1H3. The fourth-order valence-corrected chi connectivity index (χ4v) is 2.94. The first-order valence-corrected chi connectivity index (χ1v) is 7.71. The van der Waals surface area contributed by atoms with Crippen LogP contribution in [0.15, 0.2) is 47.7 Å². The first-order chi connectivity index (χ1) is 12.2. The van der Waals surface area contributed by atoms with Gasteiger partial charge in [-0.2, -0.15) is 14.6 Å². The molecule has 0 aliphatic carbocycles. The highest BCUT2D eigenvalue weighted by Crippen LogP contribution is 2.32. The van der Waals surface area contributed by atoms with Gasteiger partial charge in [0, 0.05) is 18.3 Å². The molecule has 1 N–H and O–H groups in total. The topological polar surface area (TPSA) is 94.5 Å². The Labute approximate surface area is 142 Å². The van der Waals surface area contributed by atoms with E-state index in [1.54, 1.807) is 19.4 Å². The van der Waals surface area contributed by atoms with Crippen LogP contribution in [0.5, 0.6) is 5.75 Å². The van der Waals surface area contributed by atoms with Crippen LogP contribution in [0.2, 0.25) is 0 Å². The SMILES string of the molecule is COc1ccccc1-c1c2c(=O)n(CCO)ccc2nc2ncnn12. The molecule has 4 aromatic rings. The third kappa shape index (κ3) is 2.34. The molecular weight excluding hydrogens is 322 g/mol. The summed E-state index contributed by atoms with van der Waals surface area (Å²) >= 11 is 0. The van der Waals surface area contributed by atoms with Crippen LogP contribution < -0.4 is 10.3 Å². The van der Waals surface area contributed by atoms with Gasteiger partial charge in [0.05, 0.1) is 30.3 Å². The number of para-hydroxylation sites is 1. The maximum Gasteiger partial charge on any atom is 0.262 e. The molecule has 3 heterocycles. The zero-order valence-corrected chi connectivity index (χ0v) is 13.5. The van der Waals surface area contributed by atoms with E-state index >= 15 is 0 Å². The maximum atomic E-state index is 13.0. The van der Waals surface area contributed by atoms with Gasteiger partial charge in [-0.3, -0.25) is 4.79 Å². The number of aliphatic hydroxyl groups is 1. The zero-order valence-electron chi connectivity index (χ0n) is 13.5. The van der Waals surface area contributed by atoms with Crippen molar-refractivity contribution in [2.75, 3.05) is 13.7 Å². The number of benzene rings is 1. The smallest absolute Gasteiger partial charge is 0.262 e. The van der Waals surface area contributed by atoms with Gasteiger partial charge in [-0.25, -0.2) is 4.98 Å². The summed E-state index contributed by atoms with van der Waals surface area (Å²) in [6.45, 7) is 0.0733. The number of methoxy groups -OCH3 is 1. The summed E-state index contributed by atoms with van der Waals surface area (Å²) in [5.74, 6) is 1.01. The molecule has 0 atom stereocenters. The monoisotopic (exact) mass is 337 g/mol. The average molecular weight is 337 g/mol. The highest BCUT2D eigenvalue weighted by molar-refractivity contribution is 5.94. The molecule has 25 heavy (non-hydrogen) atoms. The van der Waals surface area contributed by atoms with E-state index in [2.05, 4.69) is 15.1 Å². The molecule has 0 amide bonds. The normalized spacial score (nSPS) is 11.3. The molecule has 0 bridgehead atoms. The Bertz CT molecular complexity index is 1130. The van der Waals surface area contributed by atoms with E-state index in [9.17, 15) is 9.90 Å². The summed E-state index contributed by atoms with van der Waals surface area (Å²) in [5, 5.41) is 13.8. The lowest BCUT2D eigenvalue weighted by Crippen LogP contribution is -2.22. The fourth-order valence-electron chi connectivity index (χ4n) is 2.94. The van der Waals surface area contributed by atoms with Crippen molar-refractivity contribution in [3.63, 3.8) is 0 Å². The number of aromatic nitrogens is 5. The van der Waals surface area contributed by atoms with E-state index in [-0.39, 0.29) is 18.7 Å². The van der Waals surface area contributed by atoms with Crippen molar-refractivity contribution in [1.82, 2.24) is 24.1 Å². The number of ether oxygens (including phenoxy) is 1. The molecule has 0 radical (unpaired) electrons. The number of fused-ring (bicyclic) bond motifs is 2. The Kier molecular flexibility index (Phi) is 3.66. The molecule has 0 saturated carbocycles. The number of pyridine rings is 1. The Morgan fingerprint density at radius 2 is 2.08 bits per heavy atom. The Morgan fingerprint density at radius 3 is 2.88 bits per heavy atom. The van der Waals surface area contributed by atoms with Crippen molar-refractivity contribution in [3.8, 4) is 17.0 Å². The molecule has 4 rings (SSSR count). The molecule has 0 aliphatic rings. The van der Waals surface area contributed by atoms with E-state index in [1.165, 1.54) is 15.4 Å². The molecule has 8 heteroatoms. The second kappa shape index (κ2) is 5.99. The van der Waals surface area contributed by atoms with Gasteiger partial charge in [-0.1, -0.05) is 12.1 Å². The summed E-state index contributed by atoms with van der Waals surface area (Å²) in [7, 11) is 1.57. The highest BCUT2D eigenvalue weighted by Gasteiger charge is 2.19. The van der Waals surface area contributed by atoms with Gasteiger partial charge in [-0.15, -0.1) is 0 Å². The quantitative estimate of drug-likeness (QED) is 0.599. The van der Waals surface area contributed by atoms with Crippen LogP contribution in [-0.2, 0) is 6.54 Å². The third-order valence-corrected chi connectivity index (χ3v) is 4.05. The van der Waals surface area contributed by atoms with E-state index < -0.39 is 0 Å². The minimum atomic E-state index is -0.252. The summed E-state index contributed by atoms with van der Waals surface area (Å²) in [5.41, 5.74) is 1.54. The van der Waals surface area contributed by atoms with Crippen LogP contribution in [0.25, 0.3) is 27.9 Å². The van der Waals surface area contributed by atoms with Gasteiger partial charge in [0.15, 0.2) is 0 Å². The van der Waals surface area contributed by atoms with Crippen molar-refractivity contribution in [1.29, 1.82) is 0 Å². The van der Waals surface area contributed by atoms with Crippen LogP contribution in [0, 0.1) is 0 Å². The van der Waals surface area contributed by atoms with Gasteiger partial charge in [-0.05, 0) is 18.2 Å². The van der Waals surface area contributed by atoms with Crippen molar-refractivity contribution in [2.45, 2.75) is 6.54 Å². The summed E-state index contributed by atoms with van der Waals surface area (Å²) in [6, 6.07) is 9.13. The number of nitrogens with zero attached hydrogens (tertiary/aromatic N) is 5. The molecule has 0 spiro atoms. The lowest BCUT2D eigenvalue weighted by Gasteiger charge is -2.13. The van der Waals surface area contributed by atoms with Crippen molar-refractivity contribution < 1.29 is 9.84 Å². The number of hydrogen-bond acceptors (Lipinski definition) is 6. The molecule has 0 saturated heterocycles. The zero-order chi connectivity index (χ0) is 17.4. The van der Waals surface area contributed by atoms with Gasteiger partial charge in [0.2, 0.25) is 0 Å². The predicted octanol–water partition coefficient (Wildman–Crippen LogP) is 1.11. The van der Waals surface area contributed by atoms with Gasteiger partial charge < -0.3 is 14.4 Å². The van der Waals surface area contributed by atoms with Crippen LogP contribution in [0.4, 0.5) is 0 Å². The van der Waals surface area contributed by atoms with Gasteiger partial charge in [0.1, 0.15) is 12.1 Å². The lowest BCUT2D eigenvalue weighted by atomic mass is 10.1. The average Bonchev–Trinajstić information content (AvgIpc) is 3.10. The van der Waals surface area contributed by atoms with E-state index in [0.717, 1.165) is 0 Å². The molecule has 0 aliphatic heterocycles. The molecule has 0 unspecified atom stereocenters. The van der Waals surface area contributed by atoms with E-state index in [0.29, 0.717) is 33.7 Å². The van der Waals surface area contributed by atoms with Gasteiger partial charge in [0.25, 0.3) is 11.3 Å². The summed E-state index contributed by atoms with van der Waals surface area (Å²) in [4.78, 5) is 21.6. The van der Waals surface area contributed by atoms with E-state index in [4.69, 9.17) is 4.74 Å². The molecule has 1 aromatic carbocycles. The van der Waals surface area contributed by atoms with Crippen molar-refractivity contribution >= 4 is 16.7 Å². The second-order valence-corrected chi connectivity index (χ2v) is 5.43. The largest absolute Gasteiger partial charge is 0.496 e. The number of aliphatic hydroxyl groups excluding tert-OH is 1. The van der Waals surface area contributed by atoms with Crippen LogP contribution in [0.3, 0.4) is 0 Å². The molecule has 0 fully saturated rings.